The van der Waals surface area contributed by atoms with E-state index < -0.39 is 0 Å². The van der Waals surface area contributed by atoms with E-state index in [-0.39, 0.29) is 23.3 Å². The molecule has 3 aromatic rings. The summed E-state index contributed by atoms with van der Waals surface area (Å²) in [4.78, 5) is 32.0. The van der Waals surface area contributed by atoms with Gasteiger partial charge in [-0.15, -0.1) is 11.3 Å². The fourth-order valence-electron chi connectivity index (χ4n) is 2.74. The molecular weight excluding hydrogens is 414 g/mol. The molecule has 2 heterocycles. The van der Waals surface area contributed by atoms with Crippen LogP contribution in [0, 0.1) is 13.8 Å². The molecule has 1 atom stereocenters. The van der Waals surface area contributed by atoms with Gasteiger partial charge in [-0.3, -0.25) is 14.2 Å². The maximum Gasteiger partial charge on any atom is 0.267 e. The number of halogens is 1. The number of amides is 1. The monoisotopic (exact) mass is 435 g/mol. The maximum atomic E-state index is 13.3. The van der Waals surface area contributed by atoms with Crippen molar-refractivity contribution in [2.75, 3.05) is 5.75 Å². The Morgan fingerprint density at radius 3 is 2.64 bits per heavy atom. The van der Waals surface area contributed by atoms with Gasteiger partial charge in [0.2, 0.25) is 5.91 Å². The fourth-order valence-corrected chi connectivity index (χ4v) is 4.76. The SMILES string of the molecule is CCC(C)NC(=O)CSc1nc2sc(C)c(C)c2c(=O)n1-c1ccc(Cl)cc1. The highest BCUT2D eigenvalue weighted by Gasteiger charge is 2.19. The number of nitrogens with one attached hydrogen (secondary N) is 1. The number of nitrogens with zero attached hydrogens (tertiary/aromatic N) is 2. The Bertz CT molecular complexity index is 1070. The lowest BCUT2D eigenvalue weighted by atomic mass is 10.2. The Kier molecular flexibility index (Phi) is 6.47. The summed E-state index contributed by atoms with van der Waals surface area (Å²) in [6.45, 7) is 7.91. The van der Waals surface area contributed by atoms with E-state index in [2.05, 4.69) is 5.32 Å². The molecule has 5 nitrogen and oxygen atoms in total. The minimum absolute atomic E-state index is 0.0742. The molecule has 2 aromatic heterocycles. The van der Waals surface area contributed by atoms with E-state index in [4.69, 9.17) is 16.6 Å². The summed E-state index contributed by atoms with van der Waals surface area (Å²) >= 11 is 8.77. The van der Waals surface area contributed by atoms with Crippen molar-refractivity contribution in [3.63, 3.8) is 0 Å². The van der Waals surface area contributed by atoms with E-state index >= 15 is 0 Å². The second-order valence-corrected chi connectivity index (χ2v) is 9.22. The number of hydrogen-bond donors (Lipinski definition) is 1. The van der Waals surface area contributed by atoms with Crippen LogP contribution in [0.3, 0.4) is 0 Å². The quantitative estimate of drug-likeness (QED) is 0.449. The first-order chi connectivity index (χ1) is 13.3. The summed E-state index contributed by atoms with van der Waals surface area (Å²) in [6, 6.07) is 7.17. The summed E-state index contributed by atoms with van der Waals surface area (Å²) in [6.07, 6.45) is 0.865. The molecule has 1 N–H and O–H groups in total. The van der Waals surface area contributed by atoms with Crippen LogP contribution >= 0.6 is 34.7 Å². The number of rotatable bonds is 6. The van der Waals surface area contributed by atoms with Crippen LogP contribution in [-0.2, 0) is 4.79 Å². The third-order valence-corrected chi connectivity index (χ3v) is 6.90. The first kappa shape index (κ1) is 20.9. The van der Waals surface area contributed by atoms with Crippen molar-refractivity contribution >= 4 is 50.8 Å². The molecule has 0 bridgehead atoms. The fraction of sp³-hybridized carbons (Fsp3) is 0.350. The topological polar surface area (TPSA) is 64.0 Å². The Labute approximate surface area is 177 Å². The number of thioether (sulfide) groups is 1. The van der Waals surface area contributed by atoms with Crippen molar-refractivity contribution < 1.29 is 4.79 Å². The molecule has 0 aliphatic carbocycles. The van der Waals surface area contributed by atoms with E-state index in [1.54, 1.807) is 28.8 Å². The molecule has 0 aliphatic rings. The standard InChI is InChI=1S/C20H22ClN3O2S2/c1-5-11(2)22-16(25)10-27-20-23-18-17(12(3)13(4)28-18)19(26)24(20)15-8-6-14(21)7-9-15/h6-9,11H,5,10H2,1-4H3,(H,22,25). The van der Waals surface area contributed by atoms with Crippen LogP contribution in [0.2, 0.25) is 5.02 Å². The van der Waals surface area contributed by atoms with Crippen molar-refractivity contribution in [3.8, 4) is 5.69 Å². The average Bonchev–Trinajstić information content (AvgIpc) is 2.95. The van der Waals surface area contributed by atoms with Crippen molar-refractivity contribution in [2.45, 2.75) is 45.3 Å². The molecule has 0 radical (unpaired) electrons. The predicted octanol–water partition coefficient (Wildman–Crippen LogP) is 4.72. The Morgan fingerprint density at radius 2 is 2.00 bits per heavy atom. The molecule has 8 heteroatoms. The summed E-state index contributed by atoms with van der Waals surface area (Å²) in [7, 11) is 0. The van der Waals surface area contributed by atoms with Crippen molar-refractivity contribution in [3.05, 3.63) is 50.1 Å². The van der Waals surface area contributed by atoms with Crippen LogP contribution in [0.1, 0.15) is 30.7 Å². The Hall–Kier alpha value is -1.83. The van der Waals surface area contributed by atoms with E-state index in [1.165, 1.54) is 23.1 Å². The van der Waals surface area contributed by atoms with Gasteiger partial charge in [-0.1, -0.05) is 30.3 Å². The average molecular weight is 436 g/mol. The third kappa shape index (κ3) is 4.26. The molecule has 1 unspecified atom stereocenters. The number of carbonyl (C=O) groups is 1. The van der Waals surface area contributed by atoms with Crippen LogP contribution in [0.5, 0.6) is 0 Å². The summed E-state index contributed by atoms with van der Waals surface area (Å²) in [5.74, 6) is 0.119. The van der Waals surface area contributed by atoms with Gasteiger partial charge in [0, 0.05) is 15.9 Å². The number of thiophene rings is 1. The summed E-state index contributed by atoms with van der Waals surface area (Å²) < 4.78 is 1.57. The van der Waals surface area contributed by atoms with E-state index in [0.717, 1.165) is 16.9 Å². The van der Waals surface area contributed by atoms with Gasteiger partial charge in [-0.25, -0.2) is 4.98 Å². The van der Waals surface area contributed by atoms with Gasteiger partial charge in [0.25, 0.3) is 5.56 Å². The van der Waals surface area contributed by atoms with Gasteiger partial charge in [0.15, 0.2) is 5.16 Å². The highest BCUT2D eigenvalue weighted by Crippen LogP contribution is 2.29. The summed E-state index contributed by atoms with van der Waals surface area (Å²) in [5.41, 5.74) is 1.50. The van der Waals surface area contributed by atoms with Gasteiger partial charge >= 0.3 is 0 Å². The molecule has 0 spiro atoms. The molecular formula is C20H22ClN3O2S2. The molecule has 3 rings (SSSR count). The maximum absolute atomic E-state index is 13.3. The van der Waals surface area contributed by atoms with Crippen molar-refractivity contribution in [2.24, 2.45) is 0 Å². The van der Waals surface area contributed by atoms with Crippen molar-refractivity contribution in [1.29, 1.82) is 0 Å². The molecule has 1 aromatic carbocycles. The lowest BCUT2D eigenvalue weighted by Crippen LogP contribution is -2.33. The first-order valence-electron chi connectivity index (χ1n) is 9.02. The number of aryl methyl sites for hydroxylation is 2. The van der Waals surface area contributed by atoms with Crippen LogP contribution in [0.25, 0.3) is 15.9 Å². The third-order valence-electron chi connectivity index (χ3n) is 4.61. The number of carbonyl (C=O) groups excluding carboxylic acids is 1. The molecule has 148 valence electrons. The summed E-state index contributed by atoms with van der Waals surface area (Å²) in [5, 5.41) is 4.67. The Balaban J connectivity index is 2.07. The van der Waals surface area contributed by atoms with E-state index in [0.29, 0.717) is 26.1 Å². The molecule has 0 fully saturated rings. The number of benzene rings is 1. The second-order valence-electron chi connectivity index (χ2n) is 6.64. The molecule has 0 saturated carbocycles. The van der Waals surface area contributed by atoms with Crippen LogP contribution in [0.15, 0.2) is 34.2 Å². The highest BCUT2D eigenvalue weighted by molar-refractivity contribution is 7.99. The van der Waals surface area contributed by atoms with Gasteiger partial charge in [0.05, 0.1) is 16.8 Å². The second kappa shape index (κ2) is 8.68. The van der Waals surface area contributed by atoms with Gasteiger partial charge < -0.3 is 5.32 Å². The van der Waals surface area contributed by atoms with Crippen LogP contribution in [0.4, 0.5) is 0 Å². The minimum Gasteiger partial charge on any atom is -0.353 e. The van der Waals surface area contributed by atoms with Gasteiger partial charge in [0.1, 0.15) is 4.83 Å². The lowest BCUT2D eigenvalue weighted by molar-refractivity contribution is -0.119. The number of aromatic nitrogens is 2. The van der Waals surface area contributed by atoms with Gasteiger partial charge in [-0.2, -0.15) is 0 Å². The van der Waals surface area contributed by atoms with Crippen molar-refractivity contribution in [1.82, 2.24) is 14.9 Å². The zero-order valence-corrected chi connectivity index (χ0v) is 18.6. The highest BCUT2D eigenvalue weighted by atomic mass is 35.5. The lowest BCUT2D eigenvalue weighted by Gasteiger charge is -2.14. The largest absolute Gasteiger partial charge is 0.353 e. The minimum atomic E-state index is -0.126. The molecule has 0 saturated heterocycles. The molecule has 0 aliphatic heterocycles. The van der Waals surface area contributed by atoms with Gasteiger partial charge in [-0.05, 0) is 57.0 Å². The number of hydrogen-bond acceptors (Lipinski definition) is 5. The smallest absolute Gasteiger partial charge is 0.267 e. The normalized spacial score (nSPS) is 12.3. The zero-order valence-electron chi connectivity index (χ0n) is 16.2. The first-order valence-corrected chi connectivity index (χ1v) is 11.2. The Morgan fingerprint density at radius 1 is 1.32 bits per heavy atom. The number of fused-ring (bicyclic) bond motifs is 1. The van der Waals surface area contributed by atoms with Crippen LogP contribution in [-0.4, -0.2) is 27.3 Å². The predicted molar refractivity (Wildman–Crippen MR) is 118 cm³/mol. The molecule has 28 heavy (non-hydrogen) atoms. The van der Waals surface area contributed by atoms with Crippen LogP contribution < -0.4 is 10.9 Å². The van der Waals surface area contributed by atoms with E-state index in [9.17, 15) is 9.59 Å². The van der Waals surface area contributed by atoms with E-state index in [1.807, 2.05) is 27.7 Å². The molecule has 1 amide bonds. The zero-order chi connectivity index (χ0) is 20.4.